The van der Waals surface area contributed by atoms with Crippen molar-refractivity contribution >= 4 is 25.1 Å². The first-order valence-corrected chi connectivity index (χ1v) is 14.1. The van der Waals surface area contributed by atoms with Gasteiger partial charge in [-0.1, -0.05) is 43.6 Å². The molecule has 3 aromatic rings. The number of carboxylic acid groups (broad SMARTS) is 1. The standard InChI is InChI=1S/C24H28N2O5Si/c1-32(2,3)13-12-30-17-26-22-11-10-19(7-4-18-5-8-20(15-27)9-6-18)14-21(22)25-24(26)31-16-23(28)29/h5-6,8-11,14,27H,12-13,15-17H2,1-3H3,(H,28,29). The number of aliphatic hydroxyl groups excluding tert-OH is 1. The molecule has 0 atom stereocenters. The van der Waals surface area contributed by atoms with Gasteiger partial charge >= 0.3 is 5.97 Å². The number of nitrogens with zero attached hydrogens (tertiary/aromatic N) is 2. The molecule has 8 heteroatoms. The number of aliphatic carboxylic acids is 1. The molecule has 32 heavy (non-hydrogen) atoms. The molecule has 0 fully saturated rings. The van der Waals surface area contributed by atoms with E-state index in [0.29, 0.717) is 12.1 Å². The van der Waals surface area contributed by atoms with E-state index in [1.54, 1.807) is 4.57 Å². The van der Waals surface area contributed by atoms with E-state index in [1.165, 1.54) is 0 Å². The van der Waals surface area contributed by atoms with E-state index in [4.69, 9.17) is 19.7 Å². The predicted octanol–water partition coefficient (Wildman–Crippen LogP) is 3.70. The van der Waals surface area contributed by atoms with Crippen LogP contribution < -0.4 is 4.74 Å². The van der Waals surface area contributed by atoms with Crippen LogP contribution in [0.5, 0.6) is 6.01 Å². The third-order valence-corrected chi connectivity index (χ3v) is 6.45. The highest BCUT2D eigenvalue weighted by molar-refractivity contribution is 6.76. The molecule has 3 rings (SSSR count). The second-order valence-corrected chi connectivity index (χ2v) is 14.3. The largest absolute Gasteiger partial charge is 0.479 e. The fourth-order valence-corrected chi connectivity index (χ4v) is 3.68. The molecule has 0 radical (unpaired) electrons. The van der Waals surface area contributed by atoms with Crippen molar-refractivity contribution in [3.05, 3.63) is 59.2 Å². The molecule has 2 N–H and O–H groups in total. The van der Waals surface area contributed by atoms with E-state index in [-0.39, 0.29) is 19.3 Å². The maximum Gasteiger partial charge on any atom is 0.341 e. The number of hydrogen-bond acceptors (Lipinski definition) is 5. The van der Waals surface area contributed by atoms with Gasteiger partial charge in [-0.05, 0) is 41.9 Å². The molecule has 1 heterocycles. The number of carboxylic acids is 1. The molecule has 1 aromatic heterocycles. The number of benzene rings is 2. The van der Waals surface area contributed by atoms with Gasteiger partial charge in [0.05, 0.1) is 17.6 Å². The molecular formula is C24H28N2O5Si. The highest BCUT2D eigenvalue weighted by Gasteiger charge is 2.16. The number of aromatic nitrogens is 2. The Morgan fingerprint density at radius 3 is 2.44 bits per heavy atom. The molecule has 0 amide bonds. The number of hydrogen-bond donors (Lipinski definition) is 2. The fourth-order valence-electron chi connectivity index (χ4n) is 2.92. The lowest BCUT2D eigenvalue weighted by molar-refractivity contribution is -0.139. The predicted molar refractivity (Wildman–Crippen MR) is 125 cm³/mol. The minimum absolute atomic E-state index is 0.00117. The van der Waals surface area contributed by atoms with E-state index in [2.05, 4.69) is 36.5 Å². The van der Waals surface area contributed by atoms with Gasteiger partial charge in [0.1, 0.15) is 6.73 Å². The molecular weight excluding hydrogens is 424 g/mol. The van der Waals surface area contributed by atoms with Crippen LogP contribution in [0, 0.1) is 11.8 Å². The van der Waals surface area contributed by atoms with Crippen molar-refractivity contribution < 1.29 is 24.5 Å². The Morgan fingerprint density at radius 1 is 1.09 bits per heavy atom. The van der Waals surface area contributed by atoms with E-state index in [9.17, 15) is 4.79 Å². The first kappa shape index (κ1) is 23.5. The summed E-state index contributed by atoms with van der Waals surface area (Å²) >= 11 is 0. The zero-order chi connectivity index (χ0) is 23.1. The summed E-state index contributed by atoms with van der Waals surface area (Å²) in [5.74, 6) is 5.15. The zero-order valence-corrected chi connectivity index (χ0v) is 19.6. The molecule has 0 unspecified atom stereocenters. The number of aliphatic hydroxyl groups is 1. The zero-order valence-electron chi connectivity index (χ0n) is 18.6. The normalized spacial score (nSPS) is 11.2. The van der Waals surface area contributed by atoms with Gasteiger partial charge in [-0.15, -0.1) is 0 Å². The lowest BCUT2D eigenvalue weighted by Gasteiger charge is -2.16. The van der Waals surface area contributed by atoms with Crippen molar-refractivity contribution in [2.75, 3.05) is 13.2 Å². The summed E-state index contributed by atoms with van der Waals surface area (Å²) in [5, 5.41) is 18.1. The van der Waals surface area contributed by atoms with Crippen molar-refractivity contribution in [2.24, 2.45) is 0 Å². The molecule has 0 aliphatic heterocycles. The maximum absolute atomic E-state index is 11.0. The van der Waals surface area contributed by atoms with Crippen molar-refractivity contribution in [3.63, 3.8) is 0 Å². The molecule has 0 saturated carbocycles. The average molecular weight is 453 g/mol. The van der Waals surface area contributed by atoms with Crippen molar-refractivity contribution in [3.8, 4) is 17.9 Å². The highest BCUT2D eigenvalue weighted by Crippen LogP contribution is 2.23. The van der Waals surface area contributed by atoms with E-state index >= 15 is 0 Å². The molecule has 0 bridgehead atoms. The number of imidazole rings is 1. The van der Waals surface area contributed by atoms with Crippen LogP contribution in [-0.2, 0) is 22.9 Å². The number of carbonyl (C=O) groups is 1. The first-order chi connectivity index (χ1) is 15.2. The Balaban J connectivity index is 1.82. The molecule has 7 nitrogen and oxygen atoms in total. The van der Waals surface area contributed by atoms with Gasteiger partial charge < -0.3 is 19.7 Å². The molecule has 0 aliphatic carbocycles. The lowest BCUT2D eigenvalue weighted by Crippen LogP contribution is -2.22. The maximum atomic E-state index is 11.0. The molecule has 168 valence electrons. The number of rotatable bonds is 9. The Labute approximate surface area is 188 Å². The van der Waals surface area contributed by atoms with Crippen LogP contribution in [0.15, 0.2) is 42.5 Å². The summed E-state index contributed by atoms with van der Waals surface area (Å²) in [6.07, 6.45) is 0. The van der Waals surface area contributed by atoms with Crippen molar-refractivity contribution in [2.45, 2.75) is 39.0 Å². The summed E-state index contributed by atoms with van der Waals surface area (Å²) in [5.41, 5.74) is 3.90. The van der Waals surface area contributed by atoms with Crippen LogP contribution in [-0.4, -0.2) is 47.0 Å². The van der Waals surface area contributed by atoms with Crippen LogP contribution in [0.3, 0.4) is 0 Å². The van der Waals surface area contributed by atoms with Gasteiger partial charge in [0.15, 0.2) is 6.61 Å². The molecule has 0 aliphatic rings. The van der Waals surface area contributed by atoms with Crippen LogP contribution in [0.1, 0.15) is 16.7 Å². The minimum atomic E-state index is -1.21. The van der Waals surface area contributed by atoms with Gasteiger partial charge in [0, 0.05) is 25.8 Å². The van der Waals surface area contributed by atoms with E-state index in [0.717, 1.165) is 28.3 Å². The first-order valence-electron chi connectivity index (χ1n) is 10.4. The average Bonchev–Trinajstić information content (AvgIpc) is 3.10. The van der Waals surface area contributed by atoms with E-state index in [1.807, 2.05) is 42.5 Å². The lowest BCUT2D eigenvalue weighted by atomic mass is 10.1. The Morgan fingerprint density at radius 2 is 1.78 bits per heavy atom. The van der Waals surface area contributed by atoms with Crippen LogP contribution in [0.2, 0.25) is 25.7 Å². The van der Waals surface area contributed by atoms with Gasteiger partial charge in [0.2, 0.25) is 0 Å². The van der Waals surface area contributed by atoms with Crippen LogP contribution in [0.4, 0.5) is 0 Å². The Kier molecular flexibility index (Phi) is 7.69. The van der Waals surface area contributed by atoms with Crippen molar-refractivity contribution in [1.82, 2.24) is 9.55 Å². The van der Waals surface area contributed by atoms with Crippen LogP contribution >= 0.6 is 0 Å². The smallest absolute Gasteiger partial charge is 0.341 e. The number of ether oxygens (including phenoxy) is 2. The Hall–Kier alpha value is -3.12. The molecule has 0 spiro atoms. The molecule has 2 aromatic carbocycles. The quantitative estimate of drug-likeness (QED) is 0.292. The third-order valence-electron chi connectivity index (χ3n) is 4.74. The van der Waals surface area contributed by atoms with Crippen molar-refractivity contribution in [1.29, 1.82) is 0 Å². The fraction of sp³-hybridized carbons (Fsp3) is 0.333. The van der Waals surface area contributed by atoms with Gasteiger partial charge in [-0.2, -0.15) is 4.98 Å². The SMILES string of the molecule is C[Si](C)(C)CCOCn1c(OCC(=O)O)nc2cc(C#Cc3ccc(CO)cc3)ccc21. The number of fused-ring (bicyclic) bond motifs is 1. The second kappa shape index (κ2) is 10.5. The topological polar surface area (TPSA) is 93.8 Å². The van der Waals surface area contributed by atoms with Gasteiger partial charge in [-0.3, -0.25) is 4.57 Å². The summed E-state index contributed by atoms with van der Waals surface area (Å²) in [6.45, 7) is 7.25. The third kappa shape index (κ3) is 6.69. The molecule has 0 saturated heterocycles. The summed E-state index contributed by atoms with van der Waals surface area (Å²) in [4.78, 5) is 15.4. The highest BCUT2D eigenvalue weighted by atomic mass is 28.3. The summed E-state index contributed by atoms with van der Waals surface area (Å²) in [6, 6.07) is 14.3. The minimum Gasteiger partial charge on any atom is -0.479 e. The van der Waals surface area contributed by atoms with E-state index < -0.39 is 20.7 Å². The van der Waals surface area contributed by atoms with Crippen LogP contribution in [0.25, 0.3) is 11.0 Å². The Bertz CT molecular complexity index is 1140. The second-order valence-electron chi connectivity index (χ2n) is 8.66. The van der Waals surface area contributed by atoms with Gasteiger partial charge in [-0.25, -0.2) is 4.79 Å². The van der Waals surface area contributed by atoms with Gasteiger partial charge in [0.25, 0.3) is 6.01 Å². The summed E-state index contributed by atoms with van der Waals surface area (Å²) < 4.78 is 13.0. The monoisotopic (exact) mass is 452 g/mol. The summed E-state index contributed by atoms with van der Waals surface area (Å²) in [7, 11) is -1.21.